The lowest BCUT2D eigenvalue weighted by molar-refractivity contribution is -0.0104. The lowest BCUT2D eigenvalue weighted by Crippen LogP contribution is -2.56. The van der Waals surface area contributed by atoms with Gasteiger partial charge in [-0.25, -0.2) is 0 Å². The molecule has 152 valence electrons. The van der Waals surface area contributed by atoms with Gasteiger partial charge in [0, 0.05) is 38.5 Å². The molecule has 0 aliphatic carbocycles. The van der Waals surface area contributed by atoms with E-state index in [1.54, 1.807) is 0 Å². The summed E-state index contributed by atoms with van der Waals surface area (Å²) >= 11 is 2.06. The van der Waals surface area contributed by atoms with Crippen LogP contribution in [-0.4, -0.2) is 87.1 Å². The van der Waals surface area contributed by atoms with E-state index in [1.807, 2.05) is 0 Å². The summed E-state index contributed by atoms with van der Waals surface area (Å²) in [6.07, 6.45) is 2.34. The van der Waals surface area contributed by atoms with E-state index >= 15 is 0 Å². The number of aliphatic imine (C=N–C) groups is 1. The van der Waals surface area contributed by atoms with Crippen LogP contribution in [0.15, 0.2) is 4.99 Å². The van der Waals surface area contributed by atoms with E-state index in [2.05, 4.69) is 48.1 Å². The predicted molar refractivity (Wildman–Crippen MR) is 111 cm³/mol. The van der Waals surface area contributed by atoms with Crippen LogP contribution < -0.4 is 10.6 Å². The Hall–Kier alpha value is -0.500. The van der Waals surface area contributed by atoms with E-state index in [-0.39, 0.29) is 5.54 Å². The van der Waals surface area contributed by atoms with Gasteiger partial charge in [-0.2, -0.15) is 11.8 Å². The first-order chi connectivity index (χ1) is 12.7. The number of nitrogens with zero attached hydrogens (tertiary/aromatic N) is 2. The first kappa shape index (κ1) is 21.8. The summed E-state index contributed by atoms with van der Waals surface area (Å²) in [7, 11) is 0. The highest BCUT2D eigenvalue weighted by molar-refractivity contribution is 7.99. The molecule has 0 radical (unpaired) electrons. The molecule has 0 spiro atoms. The predicted octanol–water partition coefficient (Wildman–Crippen LogP) is 1.81. The molecule has 2 saturated heterocycles. The molecular weight excluding hydrogens is 348 g/mol. The van der Waals surface area contributed by atoms with Crippen molar-refractivity contribution in [1.82, 2.24) is 15.5 Å². The van der Waals surface area contributed by atoms with Crippen LogP contribution in [0.2, 0.25) is 0 Å². The summed E-state index contributed by atoms with van der Waals surface area (Å²) in [4.78, 5) is 7.54. The second-order valence-electron chi connectivity index (χ2n) is 7.54. The number of ether oxygens (including phenoxy) is 2. The maximum atomic E-state index is 5.70. The van der Waals surface area contributed by atoms with Gasteiger partial charge in [0.2, 0.25) is 0 Å². The molecule has 2 heterocycles. The second kappa shape index (κ2) is 12.1. The molecule has 2 aliphatic heterocycles. The van der Waals surface area contributed by atoms with Crippen molar-refractivity contribution in [3.05, 3.63) is 0 Å². The van der Waals surface area contributed by atoms with Gasteiger partial charge in [-0.15, -0.1) is 0 Å². The van der Waals surface area contributed by atoms with Crippen LogP contribution in [0.3, 0.4) is 0 Å². The van der Waals surface area contributed by atoms with Gasteiger partial charge in [-0.05, 0) is 31.4 Å². The topological polar surface area (TPSA) is 58.1 Å². The molecule has 2 rings (SSSR count). The summed E-state index contributed by atoms with van der Waals surface area (Å²) in [6, 6.07) is 0. The van der Waals surface area contributed by atoms with E-state index in [9.17, 15) is 0 Å². The first-order valence-electron chi connectivity index (χ1n) is 10.2. The fourth-order valence-corrected chi connectivity index (χ4v) is 4.81. The Morgan fingerprint density at radius 3 is 2.73 bits per heavy atom. The highest BCUT2D eigenvalue weighted by Crippen LogP contribution is 2.34. The minimum atomic E-state index is 0.199. The van der Waals surface area contributed by atoms with E-state index in [0.717, 1.165) is 71.5 Å². The van der Waals surface area contributed by atoms with Crippen LogP contribution in [0, 0.1) is 5.92 Å². The average molecular weight is 387 g/mol. The first-order valence-corrected chi connectivity index (χ1v) is 11.3. The number of guanidine groups is 1. The van der Waals surface area contributed by atoms with Gasteiger partial charge >= 0.3 is 0 Å². The summed E-state index contributed by atoms with van der Waals surface area (Å²) < 4.78 is 11.2. The van der Waals surface area contributed by atoms with E-state index in [1.165, 1.54) is 17.9 Å². The highest BCUT2D eigenvalue weighted by Gasteiger charge is 2.40. The SMILES string of the molecule is CCNC(=NCC1(N2CCOCC2)CCSC1)NCCOCCC(C)C. The monoisotopic (exact) mass is 386 g/mol. The fourth-order valence-electron chi connectivity index (χ4n) is 3.34. The molecule has 0 aromatic heterocycles. The van der Waals surface area contributed by atoms with Gasteiger partial charge < -0.3 is 20.1 Å². The van der Waals surface area contributed by atoms with Gasteiger partial charge in [0.05, 0.1) is 31.9 Å². The Kier molecular flexibility index (Phi) is 10.1. The summed E-state index contributed by atoms with van der Waals surface area (Å²) in [5, 5.41) is 6.79. The molecule has 26 heavy (non-hydrogen) atoms. The molecule has 2 N–H and O–H groups in total. The molecule has 0 amide bonds. The second-order valence-corrected chi connectivity index (χ2v) is 8.65. The molecule has 2 aliphatic rings. The zero-order valence-corrected chi connectivity index (χ0v) is 17.7. The molecule has 6 nitrogen and oxygen atoms in total. The quantitative estimate of drug-likeness (QED) is 0.339. The minimum Gasteiger partial charge on any atom is -0.380 e. The Morgan fingerprint density at radius 2 is 2.08 bits per heavy atom. The van der Waals surface area contributed by atoms with Crippen LogP contribution in [-0.2, 0) is 9.47 Å². The highest BCUT2D eigenvalue weighted by atomic mass is 32.2. The Labute approximate surface area is 163 Å². The lowest BCUT2D eigenvalue weighted by atomic mass is 9.96. The maximum Gasteiger partial charge on any atom is 0.191 e. The van der Waals surface area contributed by atoms with Gasteiger partial charge in [0.25, 0.3) is 0 Å². The van der Waals surface area contributed by atoms with Crippen molar-refractivity contribution in [3.8, 4) is 0 Å². The molecule has 7 heteroatoms. The number of hydrogen-bond donors (Lipinski definition) is 2. The van der Waals surface area contributed by atoms with Crippen LogP contribution in [0.5, 0.6) is 0 Å². The fraction of sp³-hybridized carbons (Fsp3) is 0.947. The third-order valence-corrected chi connectivity index (χ3v) is 6.25. The number of morpholine rings is 1. The minimum absolute atomic E-state index is 0.199. The number of thioether (sulfide) groups is 1. The van der Waals surface area contributed by atoms with Crippen molar-refractivity contribution in [2.24, 2.45) is 10.9 Å². The van der Waals surface area contributed by atoms with Gasteiger partial charge in [-0.1, -0.05) is 13.8 Å². The Morgan fingerprint density at radius 1 is 1.27 bits per heavy atom. The summed E-state index contributed by atoms with van der Waals surface area (Å²) in [5.74, 6) is 4.02. The molecule has 1 unspecified atom stereocenters. The summed E-state index contributed by atoms with van der Waals surface area (Å²) in [5.41, 5.74) is 0.199. The largest absolute Gasteiger partial charge is 0.380 e. The van der Waals surface area contributed by atoms with Crippen molar-refractivity contribution < 1.29 is 9.47 Å². The lowest BCUT2D eigenvalue weighted by Gasteiger charge is -2.42. The molecule has 0 bridgehead atoms. The van der Waals surface area contributed by atoms with Gasteiger partial charge in [0.1, 0.15) is 0 Å². The number of nitrogens with one attached hydrogen (secondary N) is 2. The standard InChI is InChI=1S/C19H38N4O2S/c1-4-20-18(21-7-11-24-10-5-17(2)3)22-15-19(6-14-26-16-19)23-8-12-25-13-9-23/h17H,4-16H2,1-3H3,(H2,20,21,22). The number of hydrogen-bond acceptors (Lipinski definition) is 5. The van der Waals surface area contributed by atoms with Crippen LogP contribution >= 0.6 is 11.8 Å². The van der Waals surface area contributed by atoms with Crippen molar-refractivity contribution in [2.45, 2.75) is 39.2 Å². The van der Waals surface area contributed by atoms with Crippen molar-refractivity contribution in [3.63, 3.8) is 0 Å². The number of rotatable bonds is 10. The Bertz CT molecular complexity index is 408. The molecular formula is C19H38N4O2S. The summed E-state index contributed by atoms with van der Waals surface area (Å²) in [6.45, 7) is 14.4. The maximum absolute atomic E-state index is 5.70. The van der Waals surface area contributed by atoms with E-state index in [0.29, 0.717) is 5.92 Å². The normalized spacial score (nSPS) is 25.0. The van der Waals surface area contributed by atoms with Gasteiger partial charge in [0.15, 0.2) is 5.96 Å². The van der Waals surface area contributed by atoms with E-state index < -0.39 is 0 Å². The van der Waals surface area contributed by atoms with Crippen molar-refractivity contribution in [2.75, 3.05) is 70.7 Å². The van der Waals surface area contributed by atoms with Crippen LogP contribution in [0.1, 0.15) is 33.6 Å². The molecule has 2 fully saturated rings. The third-order valence-electron chi connectivity index (χ3n) is 5.02. The molecule has 0 saturated carbocycles. The van der Waals surface area contributed by atoms with Crippen LogP contribution in [0.25, 0.3) is 0 Å². The van der Waals surface area contributed by atoms with Crippen molar-refractivity contribution >= 4 is 17.7 Å². The molecule has 1 atom stereocenters. The third kappa shape index (κ3) is 7.25. The average Bonchev–Trinajstić information content (AvgIpc) is 3.13. The zero-order valence-electron chi connectivity index (χ0n) is 16.9. The molecule has 0 aromatic rings. The Balaban J connectivity index is 1.81. The van der Waals surface area contributed by atoms with E-state index in [4.69, 9.17) is 14.5 Å². The zero-order chi connectivity index (χ0) is 18.7. The van der Waals surface area contributed by atoms with Gasteiger partial charge in [-0.3, -0.25) is 9.89 Å². The van der Waals surface area contributed by atoms with Crippen molar-refractivity contribution in [1.29, 1.82) is 0 Å². The smallest absolute Gasteiger partial charge is 0.191 e. The molecule has 0 aromatic carbocycles. The van der Waals surface area contributed by atoms with Crippen LogP contribution in [0.4, 0.5) is 0 Å².